The molecule has 1 aliphatic heterocycles. The fraction of sp³-hybridized carbons (Fsp3) is 0.400. The number of ether oxygens (including phenoxy) is 2. The van der Waals surface area contributed by atoms with Crippen molar-refractivity contribution in [1.82, 2.24) is 24.5 Å². The van der Waals surface area contributed by atoms with E-state index in [-0.39, 0.29) is 5.91 Å². The molecule has 8 nitrogen and oxygen atoms in total. The first-order chi connectivity index (χ1) is 14.0. The Labute approximate surface area is 173 Å². The number of benzene rings is 1. The summed E-state index contributed by atoms with van der Waals surface area (Å²) in [5.74, 6) is 2.34. The number of aromatic nitrogens is 4. The molecule has 2 aromatic heterocycles. The van der Waals surface area contributed by atoms with E-state index in [2.05, 4.69) is 15.2 Å². The molecule has 9 heteroatoms. The summed E-state index contributed by atoms with van der Waals surface area (Å²) in [6, 6.07) is 5.94. The van der Waals surface area contributed by atoms with Crippen molar-refractivity contribution in [1.29, 1.82) is 0 Å². The second kappa shape index (κ2) is 7.90. The molecule has 29 heavy (non-hydrogen) atoms. The number of hydrogen-bond acceptors (Lipinski definition) is 7. The van der Waals surface area contributed by atoms with Gasteiger partial charge in [0.1, 0.15) is 0 Å². The minimum absolute atomic E-state index is 0.0740. The zero-order valence-electron chi connectivity index (χ0n) is 16.9. The molecule has 1 aromatic carbocycles. The molecule has 4 rings (SSSR count). The number of carbonyl (C=O) groups excluding carboxylic acids is 1. The molecule has 0 atom stereocenters. The predicted molar refractivity (Wildman–Crippen MR) is 110 cm³/mol. The van der Waals surface area contributed by atoms with Crippen LogP contribution in [0.3, 0.4) is 0 Å². The molecule has 3 heterocycles. The van der Waals surface area contributed by atoms with Crippen LogP contribution in [0, 0.1) is 13.8 Å². The predicted octanol–water partition coefficient (Wildman–Crippen LogP) is 2.44. The number of nitrogens with zero attached hydrogens (tertiary/aromatic N) is 5. The maximum Gasteiger partial charge on any atom is 0.256 e. The highest BCUT2D eigenvalue weighted by atomic mass is 32.2. The summed E-state index contributed by atoms with van der Waals surface area (Å²) in [7, 11) is 3.25. The lowest BCUT2D eigenvalue weighted by atomic mass is 9.99. The van der Waals surface area contributed by atoms with E-state index in [0.717, 1.165) is 29.1 Å². The lowest BCUT2D eigenvalue weighted by molar-refractivity contribution is -0.129. The summed E-state index contributed by atoms with van der Waals surface area (Å²) in [5, 5.41) is 9.01. The van der Waals surface area contributed by atoms with Crippen molar-refractivity contribution in [3.8, 4) is 11.5 Å². The minimum atomic E-state index is 0.0740. The maximum absolute atomic E-state index is 12.8. The monoisotopic (exact) mass is 413 g/mol. The first kappa shape index (κ1) is 19.5. The summed E-state index contributed by atoms with van der Waals surface area (Å²) in [6.07, 6.45) is 0.794. The Kier molecular flexibility index (Phi) is 5.31. The van der Waals surface area contributed by atoms with Gasteiger partial charge in [-0.3, -0.25) is 9.20 Å². The SMILES string of the molecule is COc1cc2c(cc1OC)CN(C(=O)CSc1nnc3nc(C)cc(C)n13)CC2. The highest BCUT2D eigenvalue weighted by molar-refractivity contribution is 7.99. The Morgan fingerprint density at radius 2 is 1.83 bits per heavy atom. The van der Waals surface area contributed by atoms with E-state index in [1.54, 1.807) is 14.2 Å². The molecule has 1 aliphatic rings. The largest absolute Gasteiger partial charge is 0.493 e. The third-order valence-corrected chi connectivity index (χ3v) is 5.97. The molecule has 0 N–H and O–H groups in total. The fourth-order valence-corrected chi connectivity index (χ4v) is 4.50. The van der Waals surface area contributed by atoms with Crippen molar-refractivity contribution in [3.05, 3.63) is 40.7 Å². The molecule has 0 fully saturated rings. The van der Waals surface area contributed by atoms with Gasteiger partial charge in [0.15, 0.2) is 16.7 Å². The highest BCUT2D eigenvalue weighted by Crippen LogP contribution is 2.33. The van der Waals surface area contributed by atoms with Crippen LogP contribution < -0.4 is 9.47 Å². The fourth-order valence-electron chi connectivity index (χ4n) is 3.61. The molecule has 1 amide bonds. The quantitative estimate of drug-likeness (QED) is 0.594. The van der Waals surface area contributed by atoms with Gasteiger partial charge < -0.3 is 14.4 Å². The molecule has 0 saturated carbocycles. The van der Waals surface area contributed by atoms with Gasteiger partial charge in [0.25, 0.3) is 5.78 Å². The Morgan fingerprint density at radius 1 is 1.10 bits per heavy atom. The van der Waals surface area contributed by atoms with Crippen molar-refractivity contribution in [2.24, 2.45) is 0 Å². The number of thioether (sulfide) groups is 1. The van der Waals surface area contributed by atoms with E-state index >= 15 is 0 Å². The zero-order chi connectivity index (χ0) is 20.5. The topological polar surface area (TPSA) is 81.9 Å². The number of fused-ring (bicyclic) bond motifs is 2. The van der Waals surface area contributed by atoms with Gasteiger partial charge in [-0.1, -0.05) is 11.8 Å². The van der Waals surface area contributed by atoms with Gasteiger partial charge in [-0.05, 0) is 49.6 Å². The van der Waals surface area contributed by atoms with Crippen molar-refractivity contribution in [2.45, 2.75) is 32.0 Å². The van der Waals surface area contributed by atoms with Crippen molar-refractivity contribution >= 4 is 23.4 Å². The summed E-state index contributed by atoms with van der Waals surface area (Å²) in [4.78, 5) is 19.1. The van der Waals surface area contributed by atoms with Gasteiger partial charge in [0.2, 0.25) is 5.91 Å². The molecule has 152 valence electrons. The maximum atomic E-state index is 12.8. The van der Waals surface area contributed by atoms with E-state index in [0.29, 0.717) is 35.5 Å². The molecule has 0 radical (unpaired) electrons. The van der Waals surface area contributed by atoms with Crippen LogP contribution in [0.1, 0.15) is 22.5 Å². The van der Waals surface area contributed by atoms with Crippen LogP contribution in [0.5, 0.6) is 11.5 Å². The van der Waals surface area contributed by atoms with Gasteiger partial charge in [-0.25, -0.2) is 4.98 Å². The Morgan fingerprint density at radius 3 is 2.55 bits per heavy atom. The molecule has 0 bridgehead atoms. The molecule has 3 aromatic rings. The van der Waals surface area contributed by atoms with E-state index < -0.39 is 0 Å². The smallest absolute Gasteiger partial charge is 0.256 e. The molecule has 0 spiro atoms. The summed E-state index contributed by atoms with van der Waals surface area (Å²) >= 11 is 1.39. The van der Waals surface area contributed by atoms with Crippen molar-refractivity contribution in [3.63, 3.8) is 0 Å². The van der Waals surface area contributed by atoms with Crippen LogP contribution in [-0.4, -0.2) is 56.9 Å². The molecule has 0 saturated heterocycles. The number of rotatable bonds is 5. The highest BCUT2D eigenvalue weighted by Gasteiger charge is 2.23. The molecular formula is C20H23N5O3S. The standard InChI is InChI=1S/C20H23N5O3S/c1-12-7-13(2)25-19(21-12)22-23-20(25)29-11-18(26)24-6-5-14-8-16(27-3)17(28-4)9-15(14)10-24/h7-9H,5-6,10-11H2,1-4H3. The lowest BCUT2D eigenvalue weighted by Crippen LogP contribution is -2.37. The van der Waals surface area contributed by atoms with Gasteiger partial charge >= 0.3 is 0 Å². The second-order valence-corrected chi connectivity index (χ2v) is 7.93. The van der Waals surface area contributed by atoms with E-state index in [9.17, 15) is 4.79 Å². The average molecular weight is 414 g/mol. The summed E-state index contributed by atoms with van der Waals surface area (Å²) in [6.45, 7) is 5.16. The zero-order valence-corrected chi connectivity index (χ0v) is 17.7. The van der Waals surface area contributed by atoms with Gasteiger partial charge in [0.05, 0.1) is 20.0 Å². The van der Waals surface area contributed by atoms with Crippen molar-refractivity contribution in [2.75, 3.05) is 26.5 Å². The minimum Gasteiger partial charge on any atom is -0.493 e. The Hall–Kier alpha value is -2.81. The average Bonchev–Trinajstić information content (AvgIpc) is 3.13. The van der Waals surface area contributed by atoms with Gasteiger partial charge in [-0.2, -0.15) is 0 Å². The van der Waals surface area contributed by atoms with Crippen LogP contribution in [0.4, 0.5) is 0 Å². The summed E-state index contributed by atoms with van der Waals surface area (Å²) < 4.78 is 12.7. The van der Waals surface area contributed by atoms with Gasteiger partial charge in [0, 0.05) is 24.5 Å². The third kappa shape index (κ3) is 3.74. The third-order valence-electron chi connectivity index (χ3n) is 5.06. The van der Waals surface area contributed by atoms with Crippen LogP contribution in [0.15, 0.2) is 23.4 Å². The number of aryl methyl sites for hydroxylation is 2. The number of hydrogen-bond donors (Lipinski definition) is 0. The van der Waals surface area contributed by atoms with E-state index in [1.807, 2.05) is 41.3 Å². The molecular weight excluding hydrogens is 390 g/mol. The van der Waals surface area contributed by atoms with Crippen LogP contribution in [-0.2, 0) is 17.8 Å². The Bertz CT molecular complexity index is 1080. The number of amides is 1. The first-order valence-corrected chi connectivity index (χ1v) is 10.3. The number of carbonyl (C=O) groups is 1. The normalized spacial score (nSPS) is 13.4. The Balaban J connectivity index is 1.47. The second-order valence-electron chi connectivity index (χ2n) is 6.99. The van der Waals surface area contributed by atoms with Crippen LogP contribution in [0.2, 0.25) is 0 Å². The van der Waals surface area contributed by atoms with Crippen LogP contribution in [0.25, 0.3) is 5.78 Å². The summed E-state index contributed by atoms with van der Waals surface area (Å²) in [5.41, 5.74) is 4.19. The van der Waals surface area contributed by atoms with E-state index in [1.165, 1.54) is 17.3 Å². The van der Waals surface area contributed by atoms with Crippen LogP contribution >= 0.6 is 11.8 Å². The van der Waals surface area contributed by atoms with E-state index in [4.69, 9.17) is 9.47 Å². The van der Waals surface area contributed by atoms with Gasteiger partial charge in [-0.15, -0.1) is 10.2 Å². The lowest BCUT2D eigenvalue weighted by Gasteiger charge is -2.29. The number of methoxy groups -OCH3 is 2. The van der Waals surface area contributed by atoms with Crippen molar-refractivity contribution < 1.29 is 14.3 Å². The molecule has 0 unspecified atom stereocenters. The molecule has 0 aliphatic carbocycles. The first-order valence-electron chi connectivity index (χ1n) is 9.34.